The zero-order chi connectivity index (χ0) is 21.3. The second-order valence-corrected chi connectivity index (χ2v) is 7.94. The zero-order valence-corrected chi connectivity index (χ0v) is 17.6. The quantitative estimate of drug-likeness (QED) is 0.675. The monoisotopic (exact) mass is 425 g/mol. The van der Waals surface area contributed by atoms with Crippen molar-refractivity contribution >= 4 is 34.2 Å². The molecule has 2 heterocycles. The number of aromatic carboxylic acids is 1. The lowest BCUT2D eigenvalue weighted by Crippen LogP contribution is -2.46. The molecule has 4 rings (SSSR count). The first kappa shape index (κ1) is 20.4. The molecule has 3 aromatic rings. The minimum Gasteiger partial charge on any atom is -0.477 e. The number of carboxylic acid groups (broad SMARTS) is 1. The summed E-state index contributed by atoms with van der Waals surface area (Å²) in [5.74, 6) is -1.22. The maximum Gasteiger partial charge on any atom is 0.341 e. The third-order valence-corrected chi connectivity index (χ3v) is 5.98. The predicted molar refractivity (Wildman–Crippen MR) is 120 cm³/mol. The number of rotatable bonds is 5. The molecule has 0 atom stereocenters. The molecule has 0 bridgehead atoms. The van der Waals surface area contributed by atoms with E-state index in [9.17, 15) is 14.7 Å². The number of benzene rings is 2. The molecule has 1 fully saturated rings. The summed E-state index contributed by atoms with van der Waals surface area (Å²) in [6, 6.07) is 14.0. The number of fused-ring (bicyclic) bond motifs is 1. The minimum absolute atomic E-state index is 0.234. The standard InChI is InChI=1S/C23H24ClN3O3/c1-2-26-15-18(23(29)30)22(28)17-12-19(24)21(13-20(17)26)27-10-8-25(9-11-27)14-16-6-4-3-5-7-16/h3-7,12-13,15H,2,8-11,14H2,1H3,(H,29,30). The molecule has 0 amide bonds. The van der Waals surface area contributed by atoms with E-state index in [1.165, 1.54) is 11.8 Å². The van der Waals surface area contributed by atoms with E-state index in [4.69, 9.17) is 11.6 Å². The van der Waals surface area contributed by atoms with Gasteiger partial charge in [-0.15, -0.1) is 0 Å². The van der Waals surface area contributed by atoms with Gasteiger partial charge in [0.2, 0.25) is 5.43 Å². The predicted octanol–water partition coefficient (Wildman–Crippen LogP) is 3.70. The highest BCUT2D eigenvalue weighted by Gasteiger charge is 2.22. The summed E-state index contributed by atoms with van der Waals surface area (Å²) in [5.41, 5.74) is 2.16. The molecular formula is C23H24ClN3O3. The van der Waals surface area contributed by atoms with E-state index in [-0.39, 0.29) is 5.56 Å². The third-order valence-electron chi connectivity index (χ3n) is 5.68. The van der Waals surface area contributed by atoms with Crippen LogP contribution in [0.2, 0.25) is 5.02 Å². The molecule has 1 aromatic heterocycles. The fourth-order valence-corrected chi connectivity index (χ4v) is 4.33. The van der Waals surface area contributed by atoms with Gasteiger partial charge < -0.3 is 14.6 Å². The maximum absolute atomic E-state index is 12.6. The number of carboxylic acids is 1. The van der Waals surface area contributed by atoms with Crippen molar-refractivity contribution in [1.29, 1.82) is 0 Å². The Bertz CT molecular complexity index is 1140. The van der Waals surface area contributed by atoms with E-state index in [2.05, 4.69) is 34.1 Å². The van der Waals surface area contributed by atoms with Crippen molar-refractivity contribution in [2.45, 2.75) is 20.0 Å². The molecule has 7 heteroatoms. The normalized spacial score (nSPS) is 14.9. The largest absolute Gasteiger partial charge is 0.477 e. The lowest BCUT2D eigenvalue weighted by molar-refractivity contribution is 0.0695. The summed E-state index contributed by atoms with van der Waals surface area (Å²) >= 11 is 6.55. The molecule has 1 N–H and O–H groups in total. The van der Waals surface area contributed by atoms with Gasteiger partial charge in [-0.05, 0) is 24.6 Å². The van der Waals surface area contributed by atoms with Gasteiger partial charge in [0.05, 0.1) is 16.2 Å². The molecule has 30 heavy (non-hydrogen) atoms. The van der Waals surface area contributed by atoms with Crippen molar-refractivity contribution in [3.05, 3.63) is 75.0 Å². The first-order valence-electron chi connectivity index (χ1n) is 10.1. The number of anilines is 1. The number of aryl methyl sites for hydroxylation is 1. The van der Waals surface area contributed by atoms with Gasteiger partial charge >= 0.3 is 5.97 Å². The first-order valence-corrected chi connectivity index (χ1v) is 10.5. The van der Waals surface area contributed by atoms with Gasteiger partial charge in [0, 0.05) is 50.9 Å². The number of pyridine rings is 1. The van der Waals surface area contributed by atoms with Crippen molar-refractivity contribution in [1.82, 2.24) is 9.47 Å². The molecule has 0 radical (unpaired) electrons. The molecule has 2 aromatic carbocycles. The van der Waals surface area contributed by atoms with Gasteiger partial charge in [-0.25, -0.2) is 4.79 Å². The Balaban J connectivity index is 1.61. The van der Waals surface area contributed by atoms with Crippen molar-refractivity contribution in [2.24, 2.45) is 0 Å². The molecule has 0 unspecified atom stereocenters. The van der Waals surface area contributed by atoms with Crippen molar-refractivity contribution in [3.63, 3.8) is 0 Å². The smallest absolute Gasteiger partial charge is 0.341 e. The van der Waals surface area contributed by atoms with E-state index in [1.54, 1.807) is 10.6 Å². The number of piperazine rings is 1. The molecule has 0 saturated carbocycles. The fraction of sp³-hybridized carbons (Fsp3) is 0.304. The molecule has 0 aliphatic carbocycles. The molecule has 6 nitrogen and oxygen atoms in total. The Morgan fingerprint density at radius 2 is 1.80 bits per heavy atom. The van der Waals surface area contributed by atoms with E-state index >= 15 is 0 Å². The highest BCUT2D eigenvalue weighted by molar-refractivity contribution is 6.34. The Morgan fingerprint density at radius 1 is 1.10 bits per heavy atom. The number of hydrogen-bond acceptors (Lipinski definition) is 4. The highest BCUT2D eigenvalue weighted by Crippen LogP contribution is 2.31. The summed E-state index contributed by atoms with van der Waals surface area (Å²) in [7, 11) is 0. The lowest BCUT2D eigenvalue weighted by atomic mass is 10.1. The number of nitrogens with zero attached hydrogens (tertiary/aromatic N) is 3. The second kappa shape index (κ2) is 8.50. The average molecular weight is 426 g/mol. The van der Waals surface area contributed by atoms with Crippen LogP contribution in [0.5, 0.6) is 0 Å². The van der Waals surface area contributed by atoms with Gasteiger partial charge in [-0.2, -0.15) is 0 Å². The molecule has 1 saturated heterocycles. The Labute approximate surface area is 179 Å². The topological polar surface area (TPSA) is 65.8 Å². The summed E-state index contributed by atoms with van der Waals surface area (Å²) < 4.78 is 1.80. The second-order valence-electron chi connectivity index (χ2n) is 7.53. The van der Waals surface area contributed by atoms with Crippen LogP contribution in [0.25, 0.3) is 10.9 Å². The Kier molecular flexibility index (Phi) is 5.79. The summed E-state index contributed by atoms with van der Waals surface area (Å²) in [5, 5.41) is 10.2. The zero-order valence-electron chi connectivity index (χ0n) is 16.8. The highest BCUT2D eigenvalue weighted by atomic mass is 35.5. The SMILES string of the molecule is CCn1cc(C(=O)O)c(=O)c2cc(Cl)c(N3CCN(Cc4ccccc4)CC3)cc21. The van der Waals surface area contributed by atoms with Crippen molar-refractivity contribution < 1.29 is 9.90 Å². The van der Waals surface area contributed by atoms with Crippen LogP contribution in [0.1, 0.15) is 22.8 Å². The number of aromatic nitrogens is 1. The molecule has 1 aliphatic rings. The summed E-state index contributed by atoms with van der Waals surface area (Å²) in [6.45, 7) is 6.91. The van der Waals surface area contributed by atoms with Gasteiger partial charge in [-0.1, -0.05) is 41.9 Å². The van der Waals surface area contributed by atoms with E-state index in [0.717, 1.165) is 38.4 Å². The van der Waals surface area contributed by atoms with Gasteiger partial charge in [0.1, 0.15) is 5.56 Å². The van der Waals surface area contributed by atoms with E-state index in [0.29, 0.717) is 22.5 Å². The summed E-state index contributed by atoms with van der Waals surface area (Å²) in [4.78, 5) is 28.7. The van der Waals surface area contributed by atoms with Gasteiger partial charge in [0.25, 0.3) is 0 Å². The van der Waals surface area contributed by atoms with Crippen LogP contribution in [0.4, 0.5) is 5.69 Å². The van der Waals surface area contributed by atoms with Crippen LogP contribution in [-0.4, -0.2) is 46.7 Å². The molecule has 156 valence electrons. The van der Waals surface area contributed by atoms with Crippen LogP contribution in [0, 0.1) is 0 Å². The maximum atomic E-state index is 12.6. The van der Waals surface area contributed by atoms with Crippen LogP contribution >= 0.6 is 11.6 Å². The molecular weight excluding hydrogens is 402 g/mol. The fourth-order valence-electron chi connectivity index (χ4n) is 4.04. The van der Waals surface area contributed by atoms with E-state index < -0.39 is 11.4 Å². The lowest BCUT2D eigenvalue weighted by Gasteiger charge is -2.36. The average Bonchev–Trinajstić information content (AvgIpc) is 2.75. The third kappa shape index (κ3) is 3.93. The van der Waals surface area contributed by atoms with Crippen LogP contribution in [-0.2, 0) is 13.1 Å². The van der Waals surface area contributed by atoms with Crippen LogP contribution in [0.15, 0.2) is 53.5 Å². The summed E-state index contributed by atoms with van der Waals surface area (Å²) in [6.07, 6.45) is 1.42. The van der Waals surface area contributed by atoms with Crippen LogP contribution < -0.4 is 10.3 Å². The Hall–Kier alpha value is -2.83. The number of hydrogen-bond donors (Lipinski definition) is 1. The van der Waals surface area contributed by atoms with Gasteiger partial charge in [-0.3, -0.25) is 9.69 Å². The van der Waals surface area contributed by atoms with E-state index in [1.807, 2.05) is 19.1 Å². The minimum atomic E-state index is -1.22. The molecule has 1 aliphatic heterocycles. The van der Waals surface area contributed by atoms with Crippen molar-refractivity contribution in [2.75, 3.05) is 31.1 Å². The number of halogens is 1. The number of carbonyl (C=O) groups is 1. The first-order chi connectivity index (χ1) is 14.5. The Morgan fingerprint density at radius 3 is 2.43 bits per heavy atom. The molecule has 0 spiro atoms. The van der Waals surface area contributed by atoms with Crippen molar-refractivity contribution in [3.8, 4) is 0 Å². The van der Waals surface area contributed by atoms with Crippen LogP contribution in [0.3, 0.4) is 0 Å². The van der Waals surface area contributed by atoms with Gasteiger partial charge in [0.15, 0.2) is 0 Å².